The van der Waals surface area contributed by atoms with Crippen molar-refractivity contribution in [3.8, 4) is 0 Å². The maximum atomic E-state index is 12.2. The summed E-state index contributed by atoms with van der Waals surface area (Å²) in [5.74, 6) is -0.125. The van der Waals surface area contributed by atoms with E-state index in [2.05, 4.69) is 31.1 Å². The van der Waals surface area contributed by atoms with Gasteiger partial charge in [0.25, 0.3) is 0 Å². The lowest BCUT2D eigenvalue weighted by atomic mass is 9.92. The average molecular weight is 270 g/mol. The van der Waals surface area contributed by atoms with E-state index in [1.807, 2.05) is 13.8 Å². The summed E-state index contributed by atoms with van der Waals surface area (Å²) in [6.07, 6.45) is 4.39. The summed E-state index contributed by atoms with van der Waals surface area (Å²) in [6, 6.07) is 1.10. The molecule has 4 heteroatoms. The Morgan fingerprint density at radius 2 is 2.11 bits per heavy atom. The van der Waals surface area contributed by atoms with E-state index in [-0.39, 0.29) is 5.97 Å². The lowest BCUT2D eigenvalue weighted by Gasteiger charge is -2.34. The zero-order valence-electron chi connectivity index (χ0n) is 13.2. The Hall–Kier alpha value is -0.610. The number of ether oxygens (including phenoxy) is 1. The van der Waals surface area contributed by atoms with Crippen LogP contribution in [0.3, 0.4) is 0 Å². The van der Waals surface area contributed by atoms with Crippen LogP contribution < -0.4 is 5.32 Å². The van der Waals surface area contributed by atoms with Gasteiger partial charge in [-0.25, -0.2) is 0 Å². The maximum absolute atomic E-state index is 12.2. The van der Waals surface area contributed by atoms with Crippen LogP contribution in [-0.2, 0) is 9.53 Å². The third kappa shape index (κ3) is 4.77. The zero-order valence-corrected chi connectivity index (χ0v) is 13.2. The summed E-state index contributed by atoms with van der Waals surface area (Å²) in [5.41, 5.74) is -0.575. The summed E-state index contributed by atoms with van der Waals surface area (Å²) in [7, 11) is 2.16. The molecule has 0 heterocycles. The van der Waals surface area contributed by atoms with E-state index in [1.165, 1.54) is 12.8 Å². The Bertz CT molecular complexity index is 292. The van der Waals surface area contributed by atoms with E-state index in [0.717, 1.165) is 19.4 Å². The molecule has 1 saturated carbocycles. The molecule has 0 radical (unpaired) electrons. The number of nitrogens with zero attached hydrogens (tertiary/aromatic N) is 1. The summed E-state index contributed by atoms with van der Waals surface area (Å²) >= 11 is 0. The van der Waals surface area contributed by atoms with Crippen molar-refractivity contribution >= 4 is 5.97 Å². The standard InChI is InChI=1S/C15H30N2O2/c1-6-10-16-15(4,14(18)19-7-2)11-12(3)17(5)13-8-9-13/h12-13,16H,6-11H2,1-5H3. The monoisotopic (exact) mass is 270 g/mol. The van der Waals surface area contributed by atoms with Gasteiger partial charge >= 0.3 is 5.97 Å². The molecule has 0 aliphatic heterocycles. The fourth-order valence-corrected chi connectivity index (χ4v) is 2.50. The molecule has 2 atom stereocenters. The Balaban J connectivity index is 2.63. The van der Waals surface area contributed by atoms with E-state index in [9.17, 15) is 4.79 Å². The van der Waals surface area contributed by atoms with Gasteiger partial charge in [0.15, 0.2) is 0 Å². The first kappa shape index (κ1) is 16.4. The van der Waals surface area contributed by atoms with E-state index >= 15 is 0 Å². The molecule has 0 saturated heterocycles. The molecule has 0 spiro atoms. The number of carbonyl (C=O) groups is 1. The van der Waals surface area contributed by atoms with Crippen molar-refractivity contribution in [2.24, 2.45) is 0 Å². The second-order valence-electron chi connectivity index (χ2n) is 5.93. The predicted molar refractivity (Wildman–Crippen MR) is 78.2 cm³/mol. The van der Waals surface area contributed by atoms with Crippen LogP contribution in [-0.4, -0.2) is 48.7 Å². The highest BCUT2D eigenvalue weighted by Crippen LogP contribution is 2.29. The fraction of sp³-hybridized carbons (Fsp3) is 0.933. The minimum absolute atomic E-state index is 0.125. The number of esters is 1. The van der Waals surface area contributed by atoms with E-state index < -0.39 is 5.54 Å². The third-order valence-electron chi connectivity index (χ3n) is 4.01. The molecule has 112 valence electrons. The first-order valence-corrected chi connectivity index (χ1v) is 7.58. The zero-order chi connectivity index (χ0) is 14.5. The van der Waals surface area contributed by atoms with Crippen LogP contribution >= 0.6 is 0 Å². The van der Waals surface area contributed by atoms with Gasteiger partial charge in [-0.3, -0.25) is 4.79 Å². The Morgan fingerprint density at radius 1 is 1.47 bits per heavy atom. The highest BCUT2D eigenvalue weighted by Gasteiger charge is 2.38. The number of hydrogen-bond acceptors (Lipinski definition) is 4. The molecule has 0 aromatic rings. The van der Waals surface area contributed by atoms with Crippen LogP contribution in [0.4, 0.5) is 0 Å². The van der Waals surface area contributed by atoms with Crippen LogP contribution in [0.5, 0.6) is 0 Å². The van der Waals surface area contributed by atoms with Gasteiger partial charge in [0.2, 0.25) is 0 Å². The molecule has 1 rings (SSSR count). The van der Waals surface area contributed by atoms with Gasteiger partial charge < -0.3 is 15.0 Å². The summed E-state index contributed by atoms with van der Waals surface area (Å²) in [4.78, 5) is 14.6. The minimum Gasteiger partial charge on any atom is -0.465 e. The van der Waals surface area contributed by atoms with Gasteiger partial charge in [-0.05, 0) is 60.0 Å². The van der Waals surface area contributed by atoms with Crippen molar-refractivity contribution < 1.29 is 9.53 Å². The number of carbonyl (C=O) groups excluding carboxylic acids is 1. The quantitative estimate of drug-likeness (QED) is 0.652. The average Bonchev–Trinajstić information content (AvgIpc) is 3.20. The van der Waals surface area contributed by atoms with E-state index in [4.69, 9.17) is 4.74 Å². The Labute approximate surface area is 117 Å². The lowest BCUT2D eigenvalue weighted by Crippen LogP contribution is -2.54. The fourth-order valence-electron chi connectivity index (χ4n) is 2.50. The molecule has 1 N–H and O–H groups in total. The molecule has 0 bridgehead atoms. The summed E-state index contributed by atoms with van der Waals surface area (Å²) in [5, 5.41) is 3.37. The molecule has 1 aliphatic rings. The van der Waals surface area contributed by atoms with Gasteiger partial charge in [-0.1, -0.05) is 6.92 Å². The molecular formula is C15H30N2O2. The van der Waals surface area contributed by atoms with Gasteiger partial charge in [0.05, 0.1) is 6.61 Å². The number of nitrogens with one attached hydrogen (secondary N) is 1. The maximum Gasteiger partial charge on any atom is 0.326 e. The molecule has 4 nitrogen and oxygen atoms in total. The van der Waals surface area contributed by atoms with Gasteiger partial charge in [-0.15, -0.1) is 0 Å². The number of rotatable bonds is 9. The van der Waals surface area contributed by atoms with Gasteiger partial charge in [0.1, 0.15) is 5.54 Å². The smallest absolute Gasteiger partial charge is 0.326 e. The van der Waals surface area contributed by atoms with Crippen molar-refractivity contribution in [1.29, 1.82) is 0 Å². The van der Waals surface area contributed by atoms with Crippen molar-refractivity contribution in [2.45, 2.75) is 71.0 Å². The van der Waals surface area contributed by atoms with Crippen molar-refractivity contribution in [3.05, 3.63) is 0 Å². The Kier molecular flexibility index (Phi) is 6.27. The lowest BCUT2D eigenvalue weighted by molar-refractivity contribution is -0.151. The van der Waals surface area contributed by atoms with Gasteiger partial charge in [0, 0.05) is 12.1 Å². The second kappa shape index (κ2) is 7.25. The molecule has 0 aromatic heterocycles. The van der Waals surface area contributed by atoms with Crippen LogP contribution in [0, 0.1) is 0 Å². The SMILES string of the molecule is CCCNC(C)(CC(C)N(C)C1CC1)C(=O)OCC. The summed E-state index contributed by atoms with van der Waals surface area (Å²) < 4.78 is 5.24. The molecule has 2 unspecified atom stereocenters. The summed E-state index contributed by atoms with van der Waals surface area (Å²) in [6.45, 7) is 9.42. The Morgan fingerprint density at radius 3 is 2.58 bits per heavy atom. The van der Waals surface area contributed by atoms with Crippen LogP contribution in [0.2, 0.25) is 0 Å². The highest BCUT2D eigenvalue weighted by atomic mass is 16.5. The van der Waals surface area contributed by atoms with Crippen LogP contribution in [0.25, 0.3) is 0 Å². The second-order valence-corrected chi connectivity index (χ2v) is 5.93. The van der Waals surface area contributed by atoms with Crippen molar-refractivity contribution in [1.82, 2.24) is 10.2 Å². The van der Waals surface area contributed by atoms with E-state index in [1.54, 1.807) is 0 Å². The third-order valence-corrected chi connectivity index (χ3v) is 4.01. The molecule has 1 aliphatic carbocycles. The van der Waals surface area contributed by atoms with E-state index in [0.29, 0.717) is 18.7 Å². The first-order valence-electron chi connectivity index (χ1n) is 7.58. The molecular weight excluding hydrogens is 240 g/mol. The van der Waals surface area contributed by atoms with Gasteiger partial charge in [-0.2, -0.15) is 0 Å². The van der Waals surface area contributed by atoms with Crippen LogP contribution in [0.1, 0.15) is 53.4 Å². The first-order chi connectivity index (χ1) is 8.94. The van der Waals surface area contributed by atoms with Crippen LogP contribution in [0.15, 0.2) is 0 Å². The normalized spacial score (nSPS) is 20.1. The molecule has 0 amide bonds. The minimum atomic E-state index is -0.575. The molecule has 19 heavy (non-hydrogen) atoms. The topological polar surface area (TPSA) is 41.6 Å². The number of hydrogen-bond donors (Lipinski definition) is 1. The molecule has 1 fully saturated rings. The largest absolute Gasteiger partial charge is 0.465 e. The van der Waals surface area contributed by atoms with Crippen molar-refractivity contribution in [2.75, 3.05) is 20.2 Å². The predicted octanol–water partition coefficient (Wildman–Crippen LogP) is 2.18. The molecule has 0 aromatic carbocycles. The van der Waals surface area contributed by atoms with Crippen molar-refractivity contribution in [3.63, 3.8) is 0 Å². The highest BCUT2D eigenvalue weighted by molar-refractivity contribution is 5.80.